The van der Waals surface area contributed by atoms with E-state index in [4.69, 9.17) is 9.52 Å². The van der Waals surface area contributed by atoms with Crippen LogP contribution in [0.15, 0.2) is 99.2 Å². The largest absolute Gasteiger partial charge is 0.422 e. The van der Waals surface area contributed by atoms with Crippen LogP contribution in [-0.2, 0) is 0 Å². The first-order chi connectivity index (χ1) is 15.1. The minimum absolute atomic E-state index is 0.0235. The molecule has 0 aliphatic carbocycles. The molecule has 0 amide bonds. The molecule has 1 aromatic heterocycles. The highest BCUT2D eigenvalue weighted by Crippen LogP contribution is 2.39. The molecule has 2 heterocycles. The quantitative estimate of drug-likeness (QED) is 0.266. The molecule has 31 heavy (non-hydrogen) atoms. The van der Waals surface area contributed by atoms with Crippen molar-refractivity contribution >= 4 is 28.1 Å². The number of anilines is 1. The Labute approximate surface area is 177 Å². The number of benzene rings is 3. The highest BCUT2D eigenvalue weighted by atomic mass is 16.6. The molecular weight excluding hydrogens is 394 g/mol. The van der Waals surface area contributed by atoms with Gasteiger partial charge in [-0.3, -0.25) is 15.1 Å². The summed E-state index contributed by atoms with van der Waals surface area (Å²) in [4.78, 5) is 24.0. The van der Waals surface area contributed by atoms with Crippen LogP contribution in [0, 0.1) is 10.1 Å². The Kier molecular flexibility index (Phi) is 4.55. The molecule has 3 aromatic carbocycles. The summed E-state index contributed by atoms with van der Waals surface area (Å²) in [6, 6.07) is 24.7. The van der Waals surface area contributed by atoms with Gasteiger partial charge in [0.1, 0.15) is 5.58 Å². The summed E-state index contributed by atoms with van der Waals surface area (Å²) in [7, 11) is 0. The summed E-state index contributed by atoms with van der Waals surface area (Å²) >= 11 is 0. The maximum absolute atomic E-state index is 12.7. The Balaban J connectivity index is 1.65. The predicted octanol–water partition coefficient (Wildman–Crippen LogP) is 5.06. The number of nitro benzene ring substituents is 1. The zero-order chi connectivity index (χ0) is 21.4. The fraction of sp³-hybridized carbons (Fsp3) is 0.0833. The number of hydrogen-bond donors (Lipinski definition) is 0. The van der Waals surface area contributed by atoms with Crippen LogP contribution in [-0.4, -0.2) is 10.6 Å². The summed E-state index contributed by atoms with van der Waals surface area (Å²) in [5.41, 5.74) is 2.27. The fourth-order valence-electron chi connectivity index (χ4n) is 3.93. The van der Waals surface area contributed by atoms with Gasteiger partial charge in [0.15, 0.2) is 0 Å². The SMILES string of the molecule is O=c1oc2ccccc2cc1C1=NN(c2ccccc2)[C@@H](c2ccccc2[N+](=O)[O-])C1. The number of rotatable bonds is 4. The van der Waals surface area contributed by atoms with E-state index in [1.54, 1.807) is 41.4 Å². The van der Waals surface area contributed by atoms with Gasteiger partial charge < -0.3 is 4.42 Å². The van der Waals surface area contributed by atoms with Crippen molar-refractivity contribution in [3.63, 3.8) is 0 Å². The lowest BCUT2D eigenvalue weighted by Crippen LogP contribution is -2.19. The predicted molar refractivity (Wildman–Crippen MR) is 118 cm³/mol. The van der Waals surface area contributed by atoms with Gasteiger partial charge in [0, 0.05) is 17.9 Å². The molecule has 0 spiro atoms. The third-order valence-electron chi connectivity index (χ3n) is 5.38. The minimum Gasteiger partial charge on any atom is -0.422 e. The normalized spacial score (nSPS) is 15.8. The third kappa shape index (κ3) is 3.36. The molecule has 1 aliphatic rings. The molecule has 0 unspecified atom stereocenters. The molecule has 4 aromatic rings. The van der Waals surface area contributed by atoms with Gasteiger partial charge in [-0.05, 0) is 30.3 Å². The number of hydrogen-bond acceptors (Lipinski definition) is 6. The average Bonchev–Trinajstić information content (AvgIpc) is 3.24. The van der Waals surface area contributed by atoms with Crippen molar-refractivity contribution in [2.75, 3.05) is 5.01 Å². The van der Waals surface area contributed by atoms with E-state index in [2.05, 4.69) is 0 Å². The van der Waals surface area contributed by atoms with Crippen LogP contribution in [0.5, 0.6) is 0 Å². The second-order valence-electron chi connectivity index (χ2n) is 7.25. The van der Waals surface area contributed by atoms with Crippen LogP contribution in [0.25, 0.3) is 11.0 Å². The van der Waals surface area contributed by atoms with E-state index >= 15 is 0 Å². The highest BCUT2D eigenvalue weighted by Gasteiger charge is 2.35. The Bertz CT molecular complexity index is 1380. The van der Waals surface area contributed by atoms with Crippen molar-refractivity contribution in [3.05, 3.63) is 117 Å². The van der Waals surface area contributed by atoms with Crippen LogP contribution < -0.4 is 10.6 Å². The monoisotopic (exact) mass is 411 g/mol. The molecule has 0 radical (unpaired) electrons. The fourth-order valence-corrected chi connectivity index (χ4v) is 3.93. The number of para-hydroxylation sites is 3. The molecule has 1 aliphatic heterocycles. The smallest absolute Gasteiger partial charge is 0.345 e. The molecule has 0 saturated heterocycles. The molecule has 152 valence electrons. The van der Waals surface area contributed by atoms with Gasteiger partial charge in [-0.2, -0.15) is 5.10 Å². The van der Waals surface area contributed by atoms with Crippen molar-refractivity contribution < 1.29 is 9.34 Å². The Morgan fingerprint density at radius 1 is 0.968 bits per heavy atom. The van der Waals surface area contributed by atoms with Gasteiger partial charge in [-0.1, -0.05) is 48.5 Å². The van der Waals surface area contributed by atoms with Crippen LogP contribution in [0.2, 0.25) is 0 Å². The van der Waals surface area contributed by atoms with Crippen LogP contribution in [0.3, 0.4) is 0 Å². The third-order valence-corrected chi connectivity index (χ3v) is 5.38. The van der Waals surface area contributed by atoms with E-state index < -0.39 is 11.7 Å². The van der Waals surface area contributed by atoms with Crippen LogP contribution >= 0.6 is 0 Å². The molecule has 7 heteroatoms. The van der Waals surface area contributed by atoms with Crippen molar-refractivity contribution in [2.24, 2.45) is 5.10 Å². The summed E-state index contributed by atoms with van der Waals surface area (Å²) < 4.78 is 5.49. The molecule has 7 nitrogen and oxygen atoms in total. The maximum atomic E-state index is 12.7. The van der Waals surface area contributed by atoms with Gasteiger partial charge in [0.2, 0.25) is 0 Å². The molecule has 0 fully saturated rings. The Morgan fingerprint density at radius 2 is 1.68 bits per heavy atom. The average molecular weight is 411 g/mol. The van der Waals surface area contributed by atoms with Crippen molar-refractivity contribution in [2.45, 2.75) is 12.5 Å². The van der Waals surface area contributed by atoms with Crippen LogP contribution in [0.4, 0.5) is 11.4 Å². The first-order valence-electron chi connectivity index (χ1n) is 9.80. The lowest BCUT2D eigenvalue weighted by molar-refractivity contribution is -0.385. The van der Waals surface area contributed by atoms with E-state index in [-0.39, 0.29) is 10.6 Å². The number of nitrogens with zero attached hydrogens (tertiary/aromatic N) is 3. The topological polar surface area (TPSA) is 89.0 Å². The molecule has 0 N–H and O–H groups in total. The van der Waals surface area contributed by atoms with Crippen LogP contribution in [0.1, 0.15) is 23.6 Å². The molecule has 0 bridgehead atoms. The van der Waals surface area contributed by atoms with E-state index in [0.29, 0.717) is 28.8 Å². The number of nitro groups is 1. The van der Waals surface area contributed by atoms with Gasteiger partial charge >= 0.3 is 5.63 Å². The standard InChI is InChI=1S/C24H17N3O4/c28-24-19(14-16-8-4-7-13-23(16)31-24)20-15-22(18-11-5-6-12-21(18)27(29)30)26(25-20)17-9-2-1-3-10-17/h1-14,22H,15H2/t22-/m1/s1. The summed E-state index contributed by atoms with van der Waals surface area (Å²) in [6.45, 7) is 0. The van der Waals surface area contributed by atoms with E-state index in [1.807, 2.05) is 42.5 Å². The Hall–Kier alpha value is -4.26. The summed E-state index contributed by atoms with van der Waals surface area (Å²) in [6.07, 6.45) is 0.336. The zero-order valence-electron chi connectivity index (χ0n) is 16.3. The van der Waals surface area contributed by atoms with E-state index in [9.17, 15) is 14.9 Å². The molecule has 5 rings (SSSR count). The van der Waals surface area contributed by atoms with E-state index in [1.165, 1.54) is 6.07 Å². The molecular formula is C24H17N3O4. The molecule has 1 atom stereocenters. The minimum atomic E-state index is -0.478. The van der Waals surface area contributed by atoms with Gasteiger partial charge in [-0.15, -0.1) is 0 Å². The molecule has 0 saturated carbocycles. The number of hydrazone groups is 1. The second-order valence-corrected chi connectivity index (χ2v) is 7.25. The maximum Gasteiger partial charge on any atom is 0.345 e. The van der Waals surface area contributed by atoms with Gasteiger partial charge in [0.25, 0.3) is 5.69 Å². The first kappa shape index (κ1) is 18.7. The van der Waals surface area contributed by atoms with Crippen molar-refractivity contribution in [3.8, 4) is 0 Å². The highest BCUT2D eigenvalue weighted by molar-refractivity contribution is 6.04. The van der Waals surface area contributed by atoms with Crippen molar-refractivity contribution in [1.82, 2.24) is 0 Å². The van der Waals surface area contributed by atoms with Gasteiger partial charge in [0.05, 0.1) is 33.5 Å². The zero-order valence-corrected chi connectivity index (χ0v) is 16.3. The lowest BCUT2D eigenvalue weighted by Gasteiger charge is -2.23. The number of fused-ring (bicyclic) bond motifs is 1. The first-order valence-corrected chi connectivity index (χ1v) is 9.80. The Morgan fingerprint density at radius 3 is 2.48 bits per heavy atom. The van der Waals surface area contributed by atoms with E-state index in [0.717, 1.165) is 11.1 Å². The summed E-state index contributed by atoms with van der Waals surface area (Å²) in [5.74, 6) is 0. The summed E-state index contributed by atoms with van der Waals surface area (Å²) in [5, 5.41) is 18.9. The van der Waals surface area contributed by atoms with Gasteiger partial charge in [-0.25, -0.2) is 4.79 Å². The lowest BCUT2D eigenvalue weighted by atomic mass is 9.97. The van der Waals surface area contributed by atoms with Crippen molar-refractivity contribution in [1.29, 1.82) is 0 Å². The second kappa shape index (κ2) is 7.53.